The van der Waals surface area contributed by atoms with Crippen molar-refractivity contribution in [2.45, 2.75) is 24.8 Å². The number of hydrogen-bond acceptors (Lipinski definition) is 6. The lowest BCUT2D eigenvalue weighted by atomic mass is 10.0. The molecule has 28 heavy (non-hydrogen) atoms. The summed E-state index contributed by atoms with van der Waals surface area (Å²) >= 11 is 3.12. The lowest BCUT2D eigenvalue weighted by Crippen LogP contribution is -2.40. The van der Waals surface area contributed by atoms with E-state index >= 15 is 0 Å². The van der Waals surface area contributed by atoms with Crippen LogP contribution in [0.15, 0.2) is 41.7 Å². The van der Waals surface area contributed by atoms with Crippen LogP contribution in [0.1, 0.15) is 19.8 Å². The molecule has 1 atom stereocenters. The molecule has 1 aliphatic heterocycles. The van der Waals surface area contributed by atoms with Crippen LogP contribution >= 0.6 is 23.1 Å². The Morgan fingerprint density at radius 2 is 2.21 bits per heavy atom. The molecule has 1 fully saturated rings. The van der Waals surface area contributed by atoms with Gasteiger partial charge < -0.3 is 4.90 Å². The largest absolute Gasteiger partial charge is 0.342 e. The van der Waals surface area contributed by atoms with Crippen LogP contribution in [0, 0.1) is 5.92 Å². The molecule has 0 saturated carbocycles. The molecule has 5 rings (SSSR count). The molecule has 4 heterocycles. The van der Waals surface area contributed by atoms with Crippen LogP contribution < -0.4 is 0 Å². The molecule has 0 bridgehead atoms. The van der Waals surface area contributed by atoms with Crippen molar-refractivity contribution >= 4 is 60.3 Å². The summed E-state index contributed by atoms with van der Waals surface area (Å²) in [6.45, 7) is 3.97. The minimum atomic E-state index is 0.202. The lowest BCUT2D eigenvalue weighted by molar-refractivity contribution is -0.130. The Labute approximate surface area is 171 Å². The molecular weight excluding hydrogens is 388 g/mol. The van der Waals surface area contributed by atoms with Crippen molar-refractivity contribution in [2.75, 3.05) is 18.8 Å². The number of likely N-dealkylation sites (tertiary alicyclic amines) is 1. The number of fused-ring (bicyclic) bond motifs is 4. The van der Waals surface area contributed by atoms with E-state index in [1.54, 1.807) is 17.7 Å². The monoisotopic (exact) mass is 408 g/mol. The van der Waals surface area contributed by atoms with Gasteiger partial charge in [0.1, 0.15) is 16.2 Å². The number of thiophene rings is 1. The molecule has 7 heteroatoms. The number of benzene rings is 1. The first-order valence-electron chi connectivity index (χ1n) is 9.52. The number of thioether (sulfide) groups is 1. The van der Waals surface area contributed by atoms with Gasteiger partial charge in [-0.15, -0.1) is 11.3 Å². The van der Waals surface area contributed by atoms with Crippen molar-refractivity contribution in [1.82, 2.24) is 19.9 Å². The van der Waals surface area contributed by atoms with Crippen LogP contribution in [0.25, 0.3) is 31.3 Å². The number of hydrogen-bond donors (Lipinski definition) is 0. The van der Waals surface area contributed by atoms with E-state index < -0.39 is 0 Å². The maximum Gasteiger partial charge on any atom is 0.232 e. The maximum absolute atomic E-state index is 12.6. The van der Waals surface area contributed by atoms with Gasteiger partial charge in [0, 0.05) is 23.9 Å². The first-order valence-corrected chi connectivity index (χ1v) is 11.3. The van der Waals surface area contributed by atoms with Crippen molar-refractivity contribution in [3.05, 3.63) is 36.7 Å². The van der Waals surface area contributed by atoms with Gasteiger partial charge >= 0.3 is 0 Å². The van der Waals surface area contributed by atoms with Gasteiger partial charge in [-0.25, -0.2) is 15.0 Å². The molecule has 0 unspecified atom stereocenters. The molecule has 5 nitrogen and oxygen atoms in total. The zero-order valence-corrected chi connectivity index (χ0v) is 17.2. The molecular formula is C21H20N4OS2. The predicted octanol–water partition coefficient (Wildman–Crippen LogP) is 4.74. The van der Waals surface area contributed by atoms with Crippen molar-refractivity contribution in [1.29, 1.82) is 0 Å². The second-order valence-electron chi connectivity index (χ2n) is 7.37. The smallest absolute Gasteiger partial charge is 0.232 e. The fourth-order valence-electron chi connectivity index (χ4n) is 3.82. The Balaban J connectivity index is 1.46. The summed E-state index contributed by atoms with van der Waals surface area (Å²) in [6.07, 6.45) is 3.91. The van der Waals surface area contributed by atoms with Gasteiger partial charge in [-0.05, 0) is 30.9 Å². The molecule has 4 aromatic rings. The number of pyridine rings is 1. The van der Waals surface area contributed by atoms with E-state index in [0.717, 1.165) is 55.9 Å². The third-order valence-electron chi connectivity index (χ3n) is 5.26. The van der Waals surface area contributed by atoms with E-state index in [9.17, 15) is 4.79 Å². The molecule has 0 N–H and O–H groups in total. The van der Waals surface area contributed by atoms with E-state index in [4.69, 9.17) is 4.98 Å². The molecule has 0 spiro atoms. The predicted molar refractivity (Wildman–Crippen MR) is 116 cm³/mol. The molecule has 0 radical (unpaired) electrons. The van der Waals surface area contributed by atoms with Crippen molar-refractivity contribution in [2.24, 2.45) is 5.92 Å². The zero-order valence-electron chi connectivity index (χ0n) is 15.6. The van der Waals surface area contributed by atoms with Gasteiger partial charge in [0.25, 0.3) is 0 Å². The minimum absolute atomic E-state index is 0.202. The van der Waals surface area contributed by atoms with Crippen LogP contribution in [0.4, 0.5) is 0 Å². The summed E-state index contributed by atoms with van der Waals surface area (Å²) in [5.74, 6) is 1.22. The number of piperidine rings is 1. The number of amides is 1. The zero-order chi connectivity index (χ0) is 19.1. The Kier molecular flexibility index (Phi) is 4.64. The standard InChI is InChI=1S/C21H20N4OS2/c1-13-5-4-8-25(10-13)17(26)11-27-21-19-18(22-12-23-21)15-9-14-6-2-3-7-16(14)24-20(15)28-19/h2-3,6-7,9,12-13H,4-5,8,10-11H2,1H3/t13-/m1/s1. The fourth-order valence-corrected chi connectivity index (χ4v) is 5.92. The van der Waals surface area contributed by atoms with E-state index in [1.165, 1.54) is 18.2 Å². The quantitative estimate of drug-likeness (QED) is 0.362. The minimum Gasteiger partial charge on any atom is -0.342 e. The number of nitrogens with zero attached hydrogens (tertiary/aromatic N) is 4. The Hall–Kier alpha value is -2.25. The van der Waals surface area contributed by atoms with Gasteiger partial charge in [-0.1, -0.05) is 36.9 Å². The fraction of sp³-hybridized carbons (Fsp3) is 0.333. The summed E-state index contributed by atoms with van der Waals surface area (Å²) < 4.78 is 1.02. The maximum atomic E-state index is 12.6. The first kappa shape index (κ1) is 17.8. The first-order chi connectivity index (χ1) is 13.7. The average molecular weight is 409 g/mol. The summed E-state index contributed by atoms with van der Waals surface area (Å²) in [5, 5.41) is 3.03. The lowest BCUT2D eigenvalue weighted by Gasteiger charge is -2.30. The van der Waals surface area contributed by atoms with Crippen LogP contribution in [0.5, 0.6) is 0 Å². The number of carbonyl (C=O) groups is 1. The molecule has 1 aromatic carbocycles. The van der Waals surface area contributed by atoms with Gasteiger partial charge in [-0.2, -0.15) is 0 Å². The van der Waals surface area contributed by atoms with Gasteiger partial charge in [0.2, 0.25) is 5.91 Å². The van der Waals surface area contributed by atoms with Gasteiger partial charge in [0.15, 0.2) is 0 Å². The second-order valence-corrected chi connectivity index (χ2v) is 9.33. The van der Waals surface area contributed by atoms with Crippen LogP contribution in [0.2, 0.25) is 0 Å². The second kappa shape index (κ2) is 7.29. The third kappa shape index (κ3) is 3.22. The van der Waals surface area contributed by atoms with Crippen molar-refractivity contribution in [3.63, 3.8) is 0 Å². The summed E-state index contributed by atoms with van der Waals surface area (Å²) in [4.78, 5) is 29.4. The summed E-state index contributed by atoms with van der Waals surface area (Å²) in [5.41, 5.74) is 1.91. The molecule has 0 aliphatic carbocycles. The Bertz CT molecular complexity index is 1190. The number of carbonyl (C=O) groups excluding carboxylic acids is 1. The topological polar surface area (TPSA) is 59.0 Å². The summed E-state index contributed by atoms with van der Waals surface area (Å²) in [7, 11) is 0. The van der Waals surface area contributed by atoms with Gasteiger partial charge in [-0.3, -0.25) is 4.79 Å². The molecule has 1 saturated heterocycles. The number of rotatable bonds is 3. The highest BCUT2D eigenvalue weighted by Crippen LogP contribution is 2.37. The van der Waals surface area contributed by atoms with Crippen molar-refractivity contribution < 1.29 is 4.79 Å². The highest BCUT2D eigenvalue weighted by molar-refractivity contribution is 8.00. The average Bonchev–Trinajstić information content (AvgIpc) is 3.08. The van der Waals surface area contributed by atoms with Crippen LogP contribution in [-0.4, -0.2) is 44.6 Å². The van der Waals surface area contributed by atoms with E-state index in [1.807, 2.05) is 23.1 Å². The van der Waals surface area contributed by atoms with E-state index in [-0.39, 0.29) is 5.91 Å². The Morgan fingerprint density at radius 3 is 3.11 bits per heavy atom. The van der Waals surface area contributed by atoms with Gasteiger partial charge in [0.05, 0.1) is 21.5 Å². The molecule has 1 amide bonds. The number of para-hydroxylation sites is 1. The normalized spacial score (nSPS) is 17.6. The van der Waals surface area contributed by atoms with E-state index in [0.29, 0.717) is 11.7 Å². The Morgan fingerprint density at radius 1 is 1.32 bits per heavy atom. The number of aromatic nitrogens is 3. The van der Waals surface area contributed by atoms with Crippen LogP contribution in [0.3, 0.4) is 0 Å². The van der Waals surface area contributed by atoms with Crippen molar-refractivity contribution in [3.8, 4) is 0 Å². The molecule has 3 aromatic heterocycles. The highest BCUT2D eigenvalue weighted by Gasteiger charge is 2.22. The van der Waals surface area contributed by atoms with E-state index in [2.05, 4.69) is 29.0 Å². The highest BCUT2D eigenvalue weighted by atomic mass is 32.2. The van der Waals surface area contributed by atoms with Crippen LogP contribution in [-0.2, 0) is 4.79 Å². The molecule has 1 aliphatic rings. The SMILES string of the molecule is C[C@@H]1CCCN(C(=O)CSc2ncnc3c2sc2nc4ccccc4cc23)C1. The third-order valence-corrected chi connectivity index (χ3v) is 7.45. The summed E-state index contributed by atoms with van der Waals surface area (Å²) in [6, 6.07) is 10.3. The molecule has 142 valence electrons.